The first-order valence-corrected chi connectivity index (χ1v) is 11.0. The van der Waals surface area contributed by atoms with Crippen molar-refractivity contribution in [1.82, 2.24) is 16.0 Å². The summed E-state index contributed by atoms with van der Waals surface area (Å²) < 4.78 is 5.57. The van der Waals surface area contributed by atoms with Crippen LogP contribution in [0.5, 0.6) is 0 Å². The topological polar surface area (TPSA) is 74.8 Å². The highest BCUT2D eigenvalue weighted by Crippen LogP contribution is 2.15. The Hall–Kier alpha value is -2.86. The number of rotatable bonds is 8. The molecule has 6 nitrogen and oxygen atoms in total. The number of aryl methyl sites for hydroxylation is 1. The molecule has 0 aromatic heterocycles. The van der Waals surface area contributed by atoms with Crippen LogP contribution in [-0.2, 0) is 11.3 Å². The van der Waals surface area contributed by atoms with Gasteiger partial charge in [-0.2, -0.15) is 0 Å². The van der Waals surface area contributed by atoms with E-state index in [1.165, 1.54) is 11.1 Å². The molecule has 2 aromatic carbocycles. The van der Waals surface area contributed by atoms with Crippen molar-refractivity contribution in [2.24, 2.45) is 4.99 Å². The van der Waals surface area contributed by atoms with Crippen molar-refractivity contribution < 1.29 is 9.53 Å². The number of aliphatic imine (C=N–C) groups is 1. The number of amides is 1. The average molecular weight is 423 g/mol. The fourth-order valence-electron chi connectivity index (χ4n) is 3.69. The minimum absolute atomic E-state index is 0.0631. The van der Waals surface area contributed by atoms with Gasteiger partial charge in [0.2, 0.25) is 0 Å². The number of carbonyl (C=O) groups excluding carboxylic acids is 1. The van der Waals surface area contributed by atoms with Crippen LogP contribution in [0.25, 0.3) is 0 Å². The fraction of sp³-hybridized carbons (Fsp3) is 0.440. The van der Waals surface area contributed by atoms with E-state index in [-0.39, 0.29) is 12.0 Å². The second-order valence-electron chi connectivity index (χ2n) is 8.17. The highest BCUT2D eigenvalue weighted by Gasteiger charge is 2.16. The van der Waals surface area contributed by atoms with E-state index in [0.29, 0.717) is 24.6 Å². The number of nitrogens with one attached hydrogen (secondary N) is 3. The number of ether oxygens (including phenoxy) is 1. The largest absolute Gasteiger partial charge is 0.376 e. The Labute approximate surface area is 185 Å². The molecule has 0 radical (unpaired) electrons. The van der Waals surface area contributed by atoms with E-state index in [2.05, 4.69) is 59.1 Å². The van der Waals surface area contributed by atoms with Gasteiger partial charge in [0.15, 0.2) is 5.96 Å². The molecule has 1 amide bonds. The molecule has 1 fully saturated rings. The van der Waals surface area contributed by atoms with Crippen molar-refractivity contribution in [3.63, 3.8) is 0 Å². The van der Waals surface area contributed by atoms with Crippen molar-refractivity contribution in [3.05, 3.63) is 70.8 Å². The predicted octanol–water partition coefficient (Wildman–Crippen LogP) is 3.37. The van der Waals surface area contributed by atoms with Crippen LogP contribution < -0.4 is 16.0 Å². The number of guanidine groups is 1. The molecule has 2 aromatic rings. The van der Waals surface area contributed by atoms with Gasteiger partial charge in [-0.3, -0.25) is 9.79 Å². The summed E-state index contributed by atoms with van der Waals surface area (Å²) in [6, 6.07) is 16.3. The Morgan fingerprint density at radius 3 is 2.74 bits per heavy atom. The maximum Gasteiger partial charge on any atom is 0.251 e. The van der Waals surface area contributed by atoms with Gasteiger partial charge in [0.25, 0.3) is 5.91 Å². The summed E-state index contributed by atoms with van der Waals surface area (Å²) in [5.41, 5.74) is 4.27. The van der Waals surface area contributed by atoms with E-state index in [1.807, 2.05) is 24.3 Å². The smallest absolute Gasteiger partial charge is 0.251 e. The van der Waals surface area contributed by atoms with E-state index in [1.54, 1.807) is 7.05 Å². The first kappa shape index (κ1) is 22.8. The lowest BCUT2D eigenvalue weighted by atomic mass is 9.99. The van der Waals surface area contributed by atoms with Gasteiger partial charge >= 0.3 is 0 Å². The molecule has 31 heavy (non-hydrogen) atoms. The monoisotopic (exact) mass is 422 g/mol. The summed E-state index contributed by atoms with van der Waals surface area (Å²) in [5.74, 6) is 1.05. The number of nitrogens with zero attached hydrogens (tertiary/aromatic N) is 1. The lowest BCUT2D eigenvalue weighted by Crippen LogP contribution is -2.38. The van der Waals surface area contributed by atoms with Crippen LogP contribution in [0.1, 0.15) is 52.7 Å². The summed E-state index contributed by atoms with van der Waals surface area (Å²) in [7, 11) is 1.77. The Morgan fingerprint density at radius 2 is 2.00 bits per heavy atom. The van der Waals surface area contributed by atoms with Crippen LogP contribution in [0.2, 0.25) is 0 Å². The molecule has 3 N–H and O–H groups in total. The van der Waals surface area contributed by atoms with Gasteiger partial charge < -0.3 is 20.7 Å². The van der Waals surface area contributed by atoms with Crippen LogP contribution in [0, 0.1) is 6.92 Å². The molecule has 0 saturated carbocycles. The van der Waals surface area contributed by atoms with E-state index in [9.17, 15) is 4.79 Å². The predicted molar refractivity (Wildman–Crippen MR) is 126 cm³/mol. The van der Waals surface area contributed by atoms with Crippen LogP contribution in [0.3, 0.4) is 0 Å². The SMILES string of the molecule is CN=C(NCc1cccc(C(=O)NCC2CCCO2)c1)NCC(C)c1cccc(C)c1. The number of hydrogen-bond donors (Lipinski definition) is 3. The van der Waals surface area contributed by atoms with Crippen molar-refractivity contribution >= 4 is 11.9 Å². The van der Waals surface area contributed by atoms with Crippen molar-refractivity contribution in [1.29, 1.82) is 0 Å². The highest BCUT2D eigenvalue weighted by atomic mass is 16.5. The molecule has 0 bridgehead atoms. The van der Waals surface area contributed by atoms with Crippen molar-refractivity contribution in [2.45, 2.75) is 45.3 Å². The fourth-order valence-corrected chi connectivity index (χ4v) is 3.69. The van der Waals surface area contributed by atoms with E-state index >= 15 is 0 Å². The maximum absolute atomic E-state index is 12.5. The third-order valence-electron chi connectivity index (χ3n) is 5.57. The van der Waals surface area contributed by atoms with Gasteiger partial charge in [0.1, 0.15) is 0 Å². The Morgan fingerprint density at radius 1 is 1.16 bits per heavy atom. The molecule has 3 rings (SSSR count). The summed E-state index contributed by atoms with van der Waals surface area (Å²) in [6.45, 7) is 7.05. The molecule has 6 heteroatoms. The Kier molecular flexibility index (Phi) is 8.47. The molecule has 1 heterocycles. The molecule has 1 aliphatic heterocycles. The van der Waals surface area contributed by atoms with Crippen molar-refractivity contribution in [3.8, 4) is 0 Å². The van der Waals surface area contributed by atoms with Crippen molar-refractivity contribution in [2.75, 3.05) is 26.7 Å². The summed E-state index contributed by atoms with van der Waals surface area (Å²) in [4.78, 5) is 16.8. The summed E-state index contributed by atoms with van der Waals surface area (Å²) in [6.07, 6.45) is 2.23. The maximum atomic E-state index is 12.5. The van der Waals surface area contributed by atoms with Crippen LogP contribution in [0.15, 0.2) is 53.5 Å². The van der Waals surface area contributed by atoms with E-state index < -0.39 is 0 Å². The van der Waals surface area contributed by atoms with Gasteiger partial charge in [0.05, 0.1) is 6.10 Å². The minimum atomic E-state index is -0.0631. The normalized spacial score (nSPS) is 17.3. The van der Waals surface area contributed by atoms with Gasteiger partial charge in [-0.1, -0.05) is 48.9 Å². The first-order valence-electron chi connectivity index (χ1n) is 11.0. The van der Waals surface area contributed by atoms with Gasteiger partial charge in [0, 0.05) is 38.9 Å². The standard InChI is InChI=1S/C25H34N4O2/c1-18-7-4-9-21(13-18)19(2)15-28-25(26-3)29-16-20-8-5-10-22(14-20)24(30)27-17-23-11-6-12-31-23/h4-5,7-10,13-14,19,23H,6,11-12,15-17H2,1-3H3,(H,27,30)(H2,26,28,29). The Balaban J connectivity index is 1.47. The molecule has 0 spiro atoms. The molecular weight excluding hydrogens is 388 g/mol. The molecule has 2 unspecified atom stereocenters. The van der Waals surface area contributed by atoms with E-state index in [4.69, 9.17) is 4.74 Å². The lowest BCUT2D eigenvalue weighted by Gasteiger charge is -2.17. The zero-order valence-electron chi connectivity index (χ0n) is 18.8. The highest BCUT2D eigenvalue weighted by molar-refractivity contribution is 5.94. The number of benzene rings is 2. The summed E-state index contributed by atoms with van der Waals surface area (Å²) >= 11 is 0. The zero-order chi connectivity index (χ0) is 22.1. The summed E-state index contributed by atoms with van der Waals surface area (Å²) in [5, 5.41) is 9.70. The Bertz CT molecular complexity index is 891. The quantitative estimate of drug-likeness (QED) is 0.450. The third kappa shape index (κ3) is 7.10. The molecule has 0 aliphatic carbocycles. The number of carbonyl (C=O) groups is 1. The second kappa shape index (κ2) is 11.5. The molecule has 1 saturated heterocycles. The van der Waals surface area contributed by atoms with Gasteiger partial charge in [-0.05, 0) is 48.9 Å². The van der Waals surface area contributed by atoms with Crippen LogP contribution in [-0.4, -0.2) is 44.7 Å². The number of hydrogen-bond acceptors (Lipinski definition) is 3. The molecule has 166 valence electrons. The average Bonchev–Trinajstić information content (AvgIpc) is 3.31. The van der Waals surface area contributed by atoms with Crippen LogP contribution in [0.4, 0.5) is 0 Å². The van der Waals surface area contributed by atoms with E-state index in [0.717, 1.165) is 37.5 Å². The third-order valence-corrected chi connectivity index (χ3v) is 5.57. The molecule has 1 aliphatic rings. The molecular formula is C25H34N4O2. The lowest BCUT2D eigenvalue weighted by molar-refractivity contribution is 0.0857. The zero-order valence-corrected chi connectivity index (χ0v) is 18.8. The van der Waals surface area contributed by atoms with Crippen LogP contribution >= 0.6 is 0 Å². The minimum Gasteiger partial charge on any atom is -0.376 e. The first-order chi connectivity index (χ1) is 15.0. The van der Waals surface area contributed by atoms with Gasteiger partial charge in [-0.15, -0.1) is 0 Å². The second-order valence-corrected chi connectivity index (χ2v) is 8.17. The molecule has 2 atom stereocenters. The van der Waals surface area contributed by atoms with Gasteiger partial charge in [-0.25, -0.2) is 0 Å².